The van der Waals surface area contributed by atoms with E-state index in [1.54, 1.807) is 0 Å². The van der Waals surface area contributed by atoms with Crippen LogP contribution in [-0.4, -0.2) is 23.9 Å². The molecule has 1 aromatic heterocycles. The van der Waals surface area contributed by atoms with E-state index in [0.29, 0.717) is 12.5 Å². The molecule has 2 rings (SSSR count). The van der Waals surface area contributed by atoms with E-state index < -0.39 is 0 Å². The summed E-state index contributed by atoms with van der Waals surface area (Å²) in [5.41, 5.74) is 1.25. The van der Waals surface area contributed by atoms with Crippen LogP contribution in [0.3, 0.4) is 0 Å². The zero-order valence-electron chi connectivity index (χ0n) is 12.5. The predicted molar refractivity (Wildman–Crippen MR) is 75.6 cm³/mol. The van der Waals surface area contributed by atoms with Crippen molar-refractivity contribution in [2.75, 3.05) is 7.05 Å². The Morgan fingerprint density at radius 3 is 2.45 bits per heavy atom. The molecule has 1 amide bonds. The van der Waals surface area contributed by atoms with Gasteiger partial charge in [0.15, 0.2) is 18.9 Å². The second kappa shape index (κ2) is 8.40. The molecule has 0 N–H and O–H groups in total. The average Bonchev–Trinajstić information content (AvgIpc) is 2.46. The number of nitrogens with zero attached hydrogens (tertiary/aromatic N) is 2. The van der Waals surface area contributed by atoms with Crippen LogP contribution in [0, 0.1) is 6.92 Å². The Morgan fingerprint density at radius 2 is 1.85 bits per heavy atom. The Morgan fingerprint density at radius 1 is 1.25 bits per heavy atom. The molecule has 112 valence electrons. The molecule has 1 aliphatic carbocycles. The molecule has 3 nitrogen and oxygen atoms in total. The summed E-state index contributed by atoms with van der Waals surface area (Å²) in [6.45, 7) is 2.85. The van der Waals surface area contributed by atoms with Gasteiger partial charge in [0.25, 0.3) is 0 Å². The Balaban J connectivity index is 0.00000200. The minimum absolute atomic E-state index is 0. The van der Waals surface area contributed by atoms with Gasteiger partial charge in [-0.2, -0.15) is 0 Å². The standard InChI is InChI=1S/C16H25N2O.BrH/c1-14-8-11-18(12-9-14)13-10-16(19)17(2)15-6-4-3-5-7-15;/h8-9,11-12,15H,3-7,10,13H2,1-2H3;1H/q+1;/p-1. The number of rotatable bonds is 4. The zero-order valence-corrected chi connectivity index (χ0v) is 14.1. The summed E-state index contributed by atoms with van der Waals surface area (Å²) in [4.78, 5) is 14.2. The van der Waals surface area contributed by atoms with Gasteiger partial charge in [-0.1, -0.05) is 19.3 Å². The lowest BCUT2D eigenvalue weighted by molar-refractivity contribution is -0.696. The minimum atomic E-state index is 0. The van der Waals surface area contributed by atoms with Crippen LogP contribution in [0.25, 0.3) is 0 Å². The van der Waals surface area contributed by atoms with E-state index in [-0.39, 0.29) is 22.9 Å². The molecule has 20 heavy (non-hydrogen) atoms. The highest BCUT2D eigenvalue weighted by Crippen LogP contribution is 2.21. The van der Waals surface area contributed by atoms with Crippen LogP contribution in [0.4, 0.5) is 0 Å². The molecule has 1 aliphatic rings. The summed E-state index contributed by atoms with van der Waals surface area (Å²) in [6, 6.07) is 4.63. The highest BCUT2D eigenvalue weighted by Gasteiger charge is 2.22. The van der Waals surface area contributed by atoms with Crippen LogP contribution in [0.1, 0.15) is 44.1 Å². The molecule has 0 atom stereocenters. The van der Waals surface area contributed by atoms with Crippen molar-refractivity contribution < 1.29 is 26.3 Å². The number of aryl methyl sites for hydroxylation is 2. The van der Waals surface area contributed by atoms with Gasteiger partial charge in [0.05, 0.1) is 6.42 Å². The number of hydrogen-bond donors (Lipinski definition) is 0. The maximum absolute atomic E-state index is 12.2. The molecule has 4 heteroatoms. The third kappa shape index (κ3) is 4.89. The lowest BCUT2D eigenvalue weighted by atomic mass is 9.94. The van der Waals surface area contributed by atoms with Crippen molar-refractivity contribution in [1.82, 2.24) is 4.90 Å². The van der Waals surface area contributed by atoms with Gasteiger partial charge in [-0.25, -0.2) is 4.57 Å². The zero-order chi connectivity index (χ0) is 13.7. The van der Waals surface area contributed by atoms with Gasteiger partial charge < -0.3 is 21.9 Å². The number of halogens is 1. The highest BCUT2D eigenvalue weighted by molar-refractivity contribution is 5.76. The van der Waals surface area contributed by atoms with E-state index in [1.165, 1.54) is 37.7 Å². The number of carbonyl (C=O) groups excluding carboxylic acids is 1. The molecular formula is C16H25BrN2O. The molecule has 1 fully saturated rings. The first-order chi connectivity index (χ1) is 9.16. The number of aromatic nitrogens is 1. The summed E-state index contributed by atoms with van der Waals surface area (Å²) < 4.78 is 2.08. The number of carbonyl (C=O) groups is 1. The second-order valence-corrected chi connectivity index (χ2v) is 5.66. The lowest BCUT2D eigenvalue weighted by Gasteiger charge is -2.31. The third-order valence-electron chi connectivity index (χ3n) is 4.16. The van der Waals surface area contributed by atoms with Crippen LogP contribution in [0.2, 0.25) is 0 Å². The molecule has 0 radical (unpaired) electrons. The van der Waals surface area contributed by atoms with Crippen molar-refractivity contribution >= 4 is 5.91 Å². The summed E-state index contributed by atoms with van der Waals surface area (Å²) in [5.74, 6) is 0.278. The molecule has 0 bridgehead atoms. The smallest absolute Gasteiger partial charge is 0.228 e. The van der Waals surface area contributed by atoms with E-state index in [9.17, 15) is 4.79 Å². The Labute approximate surface area is 132 Å². The topological polar surface area (TPSA) is 24.2 Å². The fraction of sp³-hybridized carbons (Fsp3) is 0.625. The normalized spacial score (nSPS) is 15.5. The summed E-state index contributed by atoms with van der Waals surface area (Å²) >= 11 is 0. The predicted octanol–water partition coefficient (Wildman–Crippen LogP) is -0.532. The molecule has 0 spiro atoms. The van der Waals surface area contributed by atoms with E-state index in [1.807, 2.05) is 24.3 Å². The quantitative estimate of drug-likeness (QED) is 0.676. The summed E-state index contributed by atoms with van der Waals surface area (Å²) in [5, 5.41) is 0. The van der Waals surface area contributed by atoms with Crippen molar-refractivity contribution in [3.05, 3.63) is 30.1 Å². The van der Waals surface area contributed by atoms with Crippen LogP contribution in [-0.2, 0) is 11.3 Å². The van der Waals surface area contributed by atoms with Crippen molar-refractivity contribution in [1.29, 1.82) is 0 Å². The van der Waals surface area contributed by atoms with Gasteiger partial charge in [-0.15, -0.1) is 0 Å². The van der Waals surface area contributed by atoms with E-state index in [4.69, 9.17) is 0 Å². The molecule has 0 aromatic carbocycles. The fourth-order valence-corrected chi connectivity index (χ4v) is 2.75. The minimum Gasteiger partial charge on any atom is -1.00 e. The van der Waals surface area contributed by atoms with E-state index in [2.05, 4.69) is 23.6 Å². The molecule has 0 saturated heterocycles. The lowest BCUT2D eigenvalue weighted by Crippen LogP contribution is -3.00. The second-order valence-electron chi connectivity index (χ2n) is 5.66. The SMILES string of the molecule is Cc1cc[n+](CCC(=O)N(C)C2CCCCC2)cc1.[Br-]. The maximum Gasteiger partial charge on any atom is 0.228 e. The van der Waals surface area contributed by atoms with Gasteiger partial charge >= 0.3 is 0 Å². The van der Waals surface area contributed by atoms with Gasteiger partial charge in [0.1, 0.15) is 0 Å². The molecule has 0 aliphatic heterocycles. The highest BCUT2D eigenvalue weighted by atomic mass is 79.9. The first kappa shape index (κ1) is 17.2. The van der Waals surface area contributed by atoms with Gasteiger partial charge in [-0.3, -0.25) is 4.79 Å². The first-order valence-corrected chi connectivity index (χ1v) is 7.38. The largest absolute Gasteiger partial charge is 1.00 e. The molecule has 1 saturated carbocycles. The molecule has 1 heterocycles. The molecule has 0 unspecified atom stereocenters. The van der Waals surface area contributed by atoms with E-state index in [0.717, 1.165) is 6.54 Å². The van der Waals surface area contributed by atoms with Gasteiger partial charge in [0.2, 0.25) is 5.91 Å². The van der Waals surface area contributed by atoms with Crippen LogP contribution in [0.15, 0.2) is 24.5 Å². The Bertz CT molecular complexity index is 413. The van der Waals surface area contributed by atoms with E-state index >= 15 is 0 Å². The Hall–Kier alpha value is -0.900. The van der Waals surface area contributed by atoms with Gasteiger partial charge in [-0.05, 0) is 25.3 Å². The van der Waals surface area contributed by atoms with Crippen LogP contribution >= 0.6 is 0 Å². The average molecular weight is 341 g/mol. The first-order valence-electron chi connectivity index (χ1n) is 7.38. The van der Waals surface area contributed by atoms with Crippen LogP contribution in [0.5, 0.6) is 0 Å². The molecule has 1 aromatic rings. The third-order valence-corrected chi connectivity index (χ3v) is 4.16. The fourth-order valence-electron chi connectivity index (χ4n) is 2.75. The van der Waals surface area contributed by atoms with Gasteiger partial charge in [0, 0.05) is 25.2 Å². The number of amides is 1. The number of pyridine rings is 1. The number of hydrogen-bond acceptors (Lipinski definition) is 1. The van der Waals surface area contributed by atoms with Crippen molar-refractivity contribution in [3.63, 3.8) is 0 Å². The maximum atomic E-state index is 12.2. The summed E-state index contributed by atoms with van der Waals surface area (Å²) in [6.07, 6.45) is 10.9. The monoisotopic (exact) mass is 340 g/mol. The Kier molecular flexibility index (Phi) is 7.20. The molecular weight excluding hydrogens is 316 g/mol. The summed E-state index contributed by atoms with van der Waals surface area (Å²) in [7, 11) is 1.97. The van der Waals surface area contributed by atoms with Crippen molar-refractivity contribution in [3.8, 4) is 0 Å². The van der Waals surface area contributed by atoms with Crippen molar-refractivity contribution in [2.45, 2.75) is 58.0 Å². The van der Waals surface area contributed by atoms with Crippen molar-refractivity contribution in [2.24, 2.45) is 0 Å². The van der Waals surface area contributed by atoms with Crippen LogP contribution < -0.4 is 21.5 Å².